The van der Waals surface area contributed by atoms with Crippen molar-refractivity contribution in [2.24, 2.45) is 0 Å². The number of esters is 1. The van der Waals surface area contributed by atoms with Crippen molar-refractivity contribution in [2.75, 3.05) is 31.5 Å². The SMILES string of the molecule is COC(=O)COc1cccc(C(=O)Nc2cc(NC(C)=O)ccc2OC)c1. The van der Waals surface area contributed by atoms with E-state index in [-0.39, 0.29) is 12.5 Å². The van der Waals surface area contributed by atoms with Gasteiger partial charge in [-0.1, -0.05) is 6.07 Å². The highest BCUT2D eigenvalue weighted by molar-refractivity contribution is 6.05. The fourth-order valence-electron chi connectivity index (χ4n) is 2.21. The first-order valence-electron chi connectivity index (χ1n) is 7.99. The molecular weight excluding hydrogens is 352 g/mol. The van der Waals surface area contributed by atoms with E-state index >= 15 is 0 Å². The van der Waals surface area contributed by atoms with Crippen LogP contribution in [0.5, 0.6) is 11.5 Å². The summed E-state index contributed by atoms with van der Waals surface area (Å²) < 4.78 is 15.0. The van der Waals surface area contributed by atoms with Gasteiger partial charge in [-0.25, -0.2) is 4.79 Å². The minimum absolute atomic E-state index is 0.229. The van der Waals surface area contributed by atoms with E-state index in [1.54, 1.807) is 36.4 Å². The first-order valence-corrected chi connectivity index (χ1v) is 7.99. The van der Waals surface area contributed by atoms with Crippen LogP contribution < -0.4 is 20.1 Å². The van der Waals surface area contributed by atoms with Gasteiger partial charge in [0.15, 0.2) is 6.61 Å². The molecule has 0 unspecified atom stereocenters. The van der Waals surface area contributed by atoms with Gasteiger partial charge in [0.05, 0.1) is 19.9 Å². The summed E-state index contributed by atoms with van der Waals surface area (Å²) in [6, 6.07) is 11.3. The molecule has 2 N–H and O–H groups in total. The van der Waals surface area contributed by atoms with Crippen molar-refractivity contribution in [2.45, 2.75) is 6.92 Å². The van der Waals surface area contributed by atoms with Crippen molar-refractivity contribution < 1.29 is 28.6 Å². The largest absolute Gasteiger partial charge is 0.495 e. The first kappa shape index (κ1) is 19.8. The van der Waals surface area contributed by atoms with E-state index in [2.05, 4.69) is 15.4 Å². The number of anilines is 2. The average Bonchev–Trinajstić information content (AvgIpc) is 2.66. The Labute approximate surface area is 156 Å². The molecule has 142 valence electrons. The molecule has 0 fully saturated rings. The molecular formula is C19H20N2O6. The van der Waals surface area contributed by atoms with Gasteiger partial charge in [0, 0.05) is 18.2 Å². The summed E-state index contributed by atoms with van der Waals surface area (Å²) in [4.78, 5) is 34.9. The molecule has 2 rings (SSSR count). The van der Waals surface area contributed by atoms with E-state index in [1.165, 1.54) is 27.2 Å². The molecule has 0 spiro atoms. The highest BCUT2D eigenvalue weighted by Crippen LogP contribution is 2.28. The number of hydrogen-bond donors (Lipinski definition) is 2. The molecule has 8 nitrogen and oxygen atoms in total. The summed E-state index contributed by atoms with van der Waals surface area (Å²) in [7, 11) is 2.74. The third-order valence-electron chi connectivity index (χ3n) is 3.45. The van der Waals surface area contributed by atoms with E-state index in [9.17, 15) is 14.4 Å². The Morgan fingerprint density at radius 2 is 1.78 bits per heavy atom. The van der Waals surface area contributed by atoms with Crippen molar-refractivity contribution in [3.63, 3.8) is 0 Å². The van der Waals surface area contributed by atoms with E-state index in [0.717, 1.165) is 0 Å². The monoisotopic (exact) mass is 372 g/mol. The topological polar surface area (TPSA) is 103 Å². The van der Waals surface area contributed by atoms with Crippen LogP contribution in [0.1, 0.15) is 17.3 Å². The van der Waals surface area contributed by atoms with Crippen molar-refractivity contribution >= 4 is 29.2 Å². The van der Waals surface area contributed by atoms with Crippen LogP contribution in [0.3, 0.4) is 0 Å². The van der Waals surface area contributed by atoms with E-state index in [4.69, 9.17) is 9.47 Å². The Balaban J connectivity index is 2.16. The van der Waals surface area contributed by atoms with Crippen LogP contribution in [0.25, 0.3) is 0 Å². The molecule has 0 atom stereocenters. The number of hydrogen-bond acceptors (Lipinski definition) is 6. The zero-order valence-corrected chi connectivity index (χ0v) is 15.2. The average molecular weight is 372 g/mol. The maximum atomic E-state index is 12.6. The second-order valence-electron chi connectivity index (χ2n) is 5.44. The number of carbonyl (C=O) groups is 3. The molecule has 2 aromatic carbocycles. The molecule has 0 heterocycles. The van der Waals surface area contributed by atoms with Crippen molar-refractivity contribution in [3.05, 3.63) is 48.0 Å². The minimum Gasteiger partial charge on any atom is -0.495 e. The molecule has 27 heavy (non-hydrogen) atoms. The van der Waals surface area contributed by atoms with Gasteiger partial charge in [0.1, 0.15) is 11.5 Å². The third-order valence-corrected chi connectivity index (χ3v) is 3.45. The van der Waals surface area contributed by atoms with E-state index in [0.29, 0.717) is 28.4 Å². The molecule has 0 aromatic heterocycles. The fraction of sp³-hybridized carbons (Fsp3) is 0.211. The fourth-order valence-corrected chi connectivity index (χ4v) is 2.21. The van der Waals surface area contributed by atoms with Crippen LogP contribution in [0.15, 0.2) is 42.5 Å². The summed E-state index contributed by atoms with van der Waals surface area (Å²) in [5.41, 5.74) is 1.24. The molecule has 8 heteroatoms. The van der Waals surface area contributed by atoms with Crippen LogP contribution in [-0.4, -0.2) is 38.6 Å². The van der Waals surface area contributed by atoms with Crippen LogP contribution in [0, 0.1) is 0 Å². The van der Waals surface area contributed by atoms with E-state index in [1.807, 2.05) is 0 Å². The first-order chi connectivity index (χ1) is 12.9. The Morgan fingerprint density at radius 1 is 1.00 bits per heavy atom. The molecule has 2 amide bonds. The maximum absolute atomic E-state index is 12.6. The predicted molar refractivity (Wildman–Crippen MR) is 99.2 cm³/mol. The quantitative estimate of drug-likeness (QED) is 0.724. The Bertz CT molecular complexity index is 850. The number of methoxy groups -OCH3 is 2. The Hall–Kier alpha value is -3.55. The smallest absolute Gasteiger partial charge is 0.343 e. The third kappa shape index (κ3) is 5.74. The number of benzene rings is 2. The number of ether oxygens (including phenoxy) is 3. The van der Waals surface area contributed by atoms with Crippen molar-refractivity contribution in [1.29, 1.82) is 0 Å². The molecule has 0 radical (unpaired) electrons. The van der Waals surface area contributed by atoms with Gasteiger partial charge in [0.25, 0.3) is 5.91 Å². The lowest BCUT2D eigenvalue weighted by molar-refractivity contribution is -0.142. The highest BCUT2D eigenvalue weighted by Gasteiger charge is 2.12. The van der Waals surface area contributed by atoms with Gasteiger partial charge in [-0.2, -0.15) is 0 Å². The zero-order chi connectivity index (χ0) is 19.8. The number of nitrogens with one attached hydrogen (secondary N) is 2. The summed E-state index contributed by atoms with van der Waals surface area (Å²) in [6.07, 6.45) is 0. The lowest BCUT2D eigenvalue weighted by Crippen LogP contribution is -2.15. The van der Waals surface area contributed by atoms with Crippen LogP contribution in [0.2, 0.25) is 0 Å². The van der Waals surface area contributed by atoms with Gasteiger partial charge in [-0.3, -0.25) is 9.59 Å². The number of carbonyl (C=O) groups excluding carboxylic acids is 3. The molecule has 0 aliphatic rings. The minimum atomic E-state index is -0.524. The summed E-state index contributed by atoms with van der Waals surface area (Å²) in [5, 5.41) is 5.37. The van der Waals surface area contributed by atoms with Crippen LogP contribution in [0.4, 0.5) is 11.4 Å². The van der Waals surface area contributed by atoms with Gasteiger partial charge in [-0.05, 0) is 36.4 Å². The highest BCUT2D eigenvalue weighted by atomic mass is 16.6. The Morgan fingerprint density at radius 3 is 2.44 bits per heavy atom. The lowest BCUT2D eigenvalue weighted by atomic mass is 10.2. The van der Waals surface area contributed by atoms with Crippen LogP contribution >= 0.6 is 0 Å². The van der Waals surface area contributed by atoms with Crippen LogP contribution in [-0.2, 0) is 14.3 Å². The second kappa shape index (κ2) is 9.23. The molecule has 0 aliphatic carbocycles. The molecule has 2 aromatic rings. The molecule has 0 saturated carbocycles. The Kier molecular flexibility index (Phi) is 6.76. The van der Waals surface area contributed by atoms with Crippen molar-refractivity contribution in [1.82, 2.24) is 0 Å². The lowest BCUT2D eigenvalue weighted by Gasteiger charge is -2.13. The predicted octanol–water partition coefficient (Wildman–Crippen LogP) is 2.46. The van der Waals surface area contributed by atoms with Gasteiger partial charge in [-0.15, -0.1) is 0 Å². The normalized spacial score (nSPS) is 9.89. The van der Waals surface area contributed by atoms with Gasteiger partial charge >= 0.3 is 5.97 Å². The second-order valence-corrected chi connectivity index (χ2v) is 5.44. The van der Waals surface area contributed by atoms with E-state index < -0.39 is 11.9 Å². The number of rotatable bonds is 7. The number of amides is 2. The molecule has 0 aliphatic heterocycles. The maximum Gasteiger partial charge on any atom is 0.343 e. The standard InChI is InChI=1S/C19H20N2O6/c1-12(22)20-14-7-8-17(25-2)16(10-14)21-19(24)13-5-4-6-15(9-13)27-11-18(23)26-3/h4-10H,11H2,1-3H3,(H,20,22)(H,21,24). The summed E-state index contributed by atoms with van der Waals surface area (Å²) >= 11 is 0. The zero-order valence-electron chi connectivity index (χ0n) is 15.2. The summed E-state index contributed by atoms with van der Waals surface area (Å²) in [6.45, 7) is 1.14. The van der Waals surface area contributed by atoms with Gasteiger partial charge in [0.2, 0.25) is 5.91 Å². The summed E-state index contributed by atoms with van der Waals surface area (Å²) in [5.74, 6) is -0.364. The van der Waals surface area contributed by atoms with Gasteiger partial charge < -0.3 is 24.8 Å². The molecule has 0 bridgehead atoms. The van der Waals surface area contributed by atoms with Crippen molar-refractivity contribution in [3.8, 4) is 11.5 Å². The molecule has 0 saturated heterocycles.